The summed E-state index contributed by atoms with van der Waals surface area (Å²) in [7, 11) is 0. The Labute approximate surface area is 128 Å². The molecular formula is C15H21BrN2O2. The van der Waals surface area contributed by atoms with E-state index in [1.54, 1.807) is 6.07 Å². The van der Waals surface area contributed by atoms with Gasteiger partial charge in [0, 0.05) is 4.47 Å². The zero-order valence-electron chi connectivity index (χ0n) is 12.2. The Morgan fingerprint density at radius 3 is 2.45 bits per heavy atom. The molecule has 110 valence electrons. The van der Waals surface area contributed by atoms with Gasteiger partial charge in [-0.15, -0.1) is 0 Å². The van der Waals surface area contributed by atoms with Gasteiger partial charge >= 0.3 is 0 Å². The average Bonchev–Trinajstić information content (AvgIpc) is 2.58. The minimum absolute atomic E-state index is 0.0218. The quantitative estimate of drug-likeness (QED) is 0.811. The number of hydrogen-bond acceptors (Lipinski definition) is 3. The molecule has 20 heavy (non-hydrogen) atoms. The van der Waals surface area contributed by atoms with Crippen LogP contribution in [0.15, 0.2) is 16.6 Å². The minimum atomic E-state index is -0.146. The number of anilines is 2. The molecule has 1 aliphatic heterocycles. The molecule has 1 heterocycles. The highest BCUT2D eigenvalue weighted by molar-refractivity contribution is 9.10. The highest BCUT2D eigenvalue weighted by atomic mass is 79.9. The van der Waals surface area contributed by atoms with Crippen LogP contribution in [0.1, 0.15) is 26.3 Å². The van der Waals surface area contributed by atoms with Crippen molar-refractivity contribution in [2.75, 3.05) is 11.1 Å². The van der Waals surface area contributed by atoms with Gasteiger partial charge in [-0.2, -0.15) is 0 Å². The Morgan fingerprint density at radius 2 is 1.95 bits per heavy atom. The molecule has 2 rings (SSSR count). The molecule has 0 spiro atoms. The summed E-state index contributed by atoms with van der Waals surface area (Å²) < 4.78 is 6.63. The SMILES string of the molecule is Cc1cc(Br)cc(N)c1NC(=O)C1C(C)OC(C)C1C. The fraction of sp³-hybridized carbons (Fsp3) is 0.533. The summed E-state index contributed by atoms with van der Waals surface area (Å²) in [6.07, 6.45) is 0.0288. The smallest absolute Gasteiger partial charge is 0.230 e. The van der Waals surface area contributed by atoms with Gasteiger partial charge in [-0.25, -0.2) is 0 Å². The Balaban J connectivity index is 2.21. The fourth-order valence-electron chi connectivity index (χ4n) is 2.86. The summed E-state index contributed by atoms with van der Waals surface area (Å²) in [5.74, 6) is 0.0286. The third kappa shape index (κ3) is 2.83. The van der Waals surface area contributed by atoms with Crippen molar-refractivity contribution in [3.8, 4) is 0 Å². The molecular weight excluding hydrogens is 320 g/mol. The van der Waals surface area contributed by atoms with Crippen molar-refractivity contribution in [2.45, 2.75) is 39.9 Å². The average molecular weight is 341 g/mol. The van der Waals surface area contributed by atoms with E-state index in [9.17, 15) is 4.79 Å². The highest BCUT2D eigenvalue weighted by Crippen LogP contribution is 2.34. The molecule has 0 aromatic heterocycles. The van der Waals surface area contributed by atoms with E-state index < -0.39 is 0 Å². The van der Waals surface area contributed by atoms with Crippen molar-refractivity contribution in [1.82, 2.24) is 0 Å². The number of nitrogens with one attached hydrogen (secondary N) is 1. The molecule has 3 N–H and O–H groups in total. The second-order valence-electron chi connectivity index (χ2n) is 5.61. The summed E-state index contributed by atoms with van der Waals surface area (Å²) in [4.78, 5) is 12.5. The third-order valence-electron chi connectivity index (χ3n) is 4.12. The zero-order chi connectivity index (χ0) is 15.0. The summed E-state index contributed by atoms with van der Waals surface area (Å²) in [5, 5.41) is 2.96. The Hall–Kier alpha value is -1.07. The number of nitrogen functional groups attached to an aromatic ring is 1. The van der Waals surface area contributed by atoms with Crippen molar-refractivity contribution in [3.63, 3.8) is 0 Å². The number of hydrogen-bond donors (Lipinski definition) is 2. The van der Waals surface area contributed by atoms with E-state index in [0.717, 1.165) is 10.0 Å². The molecule has 1 saturated heterocycles. The van der Waals surface area contributed by atoms with Crippen LogP contribution in [0.2, 0.25) is 0 Å². The van der Waals surface area contributed by atoms with Crippen LogP contribution in [0.3, 0.4) is 0 Å². The van der Waals surface area contributed by atoms with E-state index in [4.69, 9.17) is 10.5 Å². The molecule has 4 unspecified atom stereocenters. The van der Waals surface area contributed by atoms with Crippen LogP contribution < -0.4 is 11.1 Å². The number of ether oxygens (including phenoxy) is 1. The first-order chi connectivity index (χ1) is 9.31. The Morgan fingerprint density at radius 1 is 1.30 bits per heavy atom. The fourth-order valence-corrected chi connectivity index (χ4v) is 3.45. The standard InChI is InChI=1S/C15H21BrN2O2/c1-7-5-11(16)6-12(17)14(7)18-15(19)13-8(2)9(3)20-10(13)4/h5-6,8-10,13H,17H2,1-4H3,(H,18,19). The van der Waals surface area contributed by atoms with Gasteiger partial charge in [-0.1, -0.05) is 22.9 Å². The number of halogens is 1. The second-order valence-corrected chi connectivity index (χ2v) is 6.52. The molecule has 4 atom stereocenters. The molecule has 1 fully saturated rings. The van der Waals surface area contributed by atoms with Gasteiger partial charge in [-0.05, 0) is 44.4 Å². The lowest BCUT2D eigenvalue weighted by Crippen LogP contribution is -2.32. The van der Waals surface area contributed by atoms with Crippen molar-refractivity contribution in [3.05, 3.63) is 22.2 Å². The summed E-state index contributed by atoms with van der Waals surface area (Å²) >= 11 is 3.39. The van der Waals surface area contributed by atoms with Crippen molar-refractivity contribution in [2.24, 2.45) is 11.8 Å². The predicted molar refractivity (Wildman–Crippen MR) is 84.6 cm³/mol. The van der Waals surface area contributed by atoms with Crippen molar-refractivity contribution < 1.29 is 9.53 Å². The summed E-state index contributed by atoms with van der Waals surface area (Å²) in [6, 6.07) is 3.73. The first-order valence-corrected chi connectivity index (χ1v) is 7.62. The highest BCUT2D eigenvalue weighted by Gasteiger charge is 2.41. The molecule has 1 amide bonds. The van der Waals surface area contributed by atoms with Gasteiger partial charge in [0.05, 0.1) is 29.5 Å². The van der Waals surface area contributed by atoms with E-state index in [-0.39, 0.29) is 30.0 Å². The van der Waals surface area contributed by atoms with Crippen LogP contribution in [-0.4, -0.2) is 18.1 Å². The number of carbonyl (C=O) groups is 1. The van der Waals surface area contributed by atoms with E-state index >= 15 is 0 Å². The van der Waals surface area contributed by atoms with Crippen molar-refractivity contribution in [1.29, 1.82) is 0 Å². The molecule has 5 heteroatoms. The Kier molecular flexibility index (Phi) is 4.39. The van der Waals surface area contributed by atoms with Crippen LogP contribution in [0.25, 0.3) is 0 Å². The maximum absolute atomic E-state index is 12.5. The molecule has 0 bridgehead atoms. The van der Waals surface area contributed by atoms with Crippen LogP contribution in [0.5, 0.6) is 0 Å². The van der Waals surface area contributed by atoms with Crippen molar-refractivity contribution >= 4 is 33.2 Å². The lowest BCUT2D eigenvalue weighted by Gasteiger charge is -2.20. The van der Waals surface area contributed by atoms with E-state index in [1.807, 2.05) is 26.8 Å². The first-order valence-electron chi connectivity index (χ1n) is 6.83. The number of rotatable bonds is 2. The number of aryl methyl sites for hydroxylation is 1. The lowest BCUT2D eigenvalue weighted by atomic mass is 9.88. The van der Waals surface area contributed by atoms with Gasteiger partial charge in [-0.3, -0.25) is 4.79 Å². The first kappa shape index (κ1) is 15.3. The van der Waals surface area contributed by atoms with Crippen LogP contribution in [0, 0.1) is 18.8 Å². The topological polar surface area (TPSA) is 64.3 Å². The normalized spacial score (nSPS) is 29.4. The van der Waals surface area contributed by atoms with Crippen LogP contribution in [-0.2, 0) is 9.53 Å². The summed E-state index contributed by atoms with van der Waals surface area (Å²) in [6.45, 7) is 7.93. The molecule has 1 aliphatic rings. The molecule has 1 aromatic rings. The van der Waals surface area contributed by atoms with E-state index in [0.29, 0.717) is 11.4 Å². The number of nitrogens with two attached hydrogens (primary N) is 1. The molecule has 0 aliphatic carbocycles. The van der Waals surface area contributed by atoms with Gasteiger partial charge < -0.3 is 15.8 Å². The predicted octanol–water partition coefficient (Wildman–Crippen LogP) is 3.34. The van der Waals surface area contributed by atoms with Gasteiger partial charge in [0.25, 0.3) is 0 Å². The number of amides is 1. The third-order valence-corrected chi connectivity index (χ3v) is 4.58. The number of benzene rings is 1. The van der Waals surface area contributed by atoms with Crippen LogP contribution >= 0.6 is 15.9 Å². The molecule has 4 nitrogen and oxygen atoms in total. The van der Waals surface area contributed by atoms with Gasteiger partial charge in [0.15, 0.2) is 0 Å². The monoisotopic (exact) mass is 340 g/mol. The number of carbonyl (C=O) groups excluding carboxylic acids is 1. The van der Waals surface area contributed by atoms with Crippen LogP contribution in [0.4, 0.5) is 11.4 Å². The minimum Gasteiger partial charge on any atom is -0.397 e. The zero-order valence-corrected chi connectivity index (χ0v) is 13.8. The lowest BCUT2D eigenvalue weighted by molar-refractivity contribution is -0.121. The summed E-state index contributed by atoms with van der Waals surface area (Å²) in [5.41, 5.74) is 8.19. The maximum Gasteiger partial charge on any atom is 0.230 e. The second kappa shape index (κ2) is 5.74. The largest absolute Gasteiger partial charge is 0.397 e. The molecule has 0 saturated carbocycles. The van der Waals surface area contributed by atoms with Gasteiger partial charge in [0.1, 0.15) is 0 Å². The molecule has 1 aromatic carbocycles. The van der Waals surface area contributed by atoms with E-state index in [2.05, 4.69) is 28.2 Å². The van der Waals surface area contributed by atoms with Gasteiger partial charge in [0.2, 0.25) is 5.91 Å². The van der Waals surface area contributed by atoms with E-state index in [1.165, 1.54) is 0 Å². The maximum atomic E-state index is 12.5. The molecule has 0 radical (unpaired) electrons. The Bertz CT molecular complexity index is 510.